The summed E-state index contributed by atoms with van der Waals surface area (Å²) >= 11 is 0. The number of unbranched alkanes of at least 4 members (excludes halogenated alkanes) is 1. The summed E-state index contributed by atoms with van der Waals surface area (Å²) in [6.07, 6.45) is 4.02. The molecule has 1 heterocycles. The van der Waals surface area contributed by atoms with Crippen LogP contribution in [0.15, 0.2) is 18.3 Å². The quantitative estimate of drug-likeness (QED) is 0.766. The van der Waals surface area contributed by atoms with Crippen LogP contribution in [0.5, 0.6) is 0 Å². The zero-order valence-electron chi connectivity index (χ0n) is 8.29. The Labute approximate surface area is 83.5 Å². The average molecular weight is 193 g/mol. The van der Waals surface area contributed by atoms with Crippen molar-refractivity contribution < 1.29 is 4.79 Å². The molecule has 4 heteroatoms. The number of nitrogens with zero attached hydrogens (tertiary/aromatic N) is 1. The van der Waals surface area contributed by atoms with Gasteiger partial charge in [0.25, 0.3) is 0 Å². The minimum absolute atomic E-state index is 0.0303. The van der Waals surface area contributed by atoms with Crippen LogP contribution in [0.2, 0.25) is 0 Å². The maximum absolute atomic E-state index is 11.3. The molecule has 3 N–H and O–H groups in total. The Hall–Kier alpha value is -1.58. The number of nitrogen functional groups attached to an aromatic ring is 1. The number of nitrogens with two attached hydrogens (primary N) is 1. The Morgan fingerprint density at radius 3 is 3.07 bits per heavy atom. The van der Waals surface area contributed by atoms with Crippen molar-refractivity contribution in [3.63, 3.8) is 0 Å². The van der Waals surface area contributed by atoms with Gasteiger partial charge in [-0.3, -0.25) is 4.79 Å². The van der Waals surface area contributed by atoms with Gasteiger partial charge < -0.3 is 11.1 Å². The number of rotatable bonds is 4. The van der Waals surface area contributed by atoms with Gasteiger partial charge in [-0.05, 0) is 18.6 Å². The SMILES string of the molecule is CCCCC(=O)Nc1ncccc1N. The van der Waals surface area contributed by atoms with E-state index in [2.05, 4.69) is 10.3 Å². The summed E-state index contributed by atoms with van der Waals surface area (Å²) in [5, 5.41) is 2.67. The lowest BCUT2D eigenvalue weighted by Crippen LogP contribution is -2.13. The van der Waals surface area contributed by atoms with Crippen molar-refractivity contribution in [2.45, 2.75) is 26.2 Å². The number of hydrogen-bond acceptors (Lipinski definition) is 3. The van der Waals surface area contributed by atoms with Gasteiger partial charge in [-0.1, -0.05) is 13.3 Å². The summed E-state index contributed by atoms with van der Waals surface area (Å²) in [5.74, 6) is 0.422. The lowest BCUT2D eigenvalue weighted by molar-refractivity contribution is -0.116. The number of pyridine rings is 1. The Bertz CT molecular complexity index is 312. The monoisotopic (exact) mass is 193 g/mol. The highest BCUT2D eigenvalue weighted by Crippen LogP contribution is 2.13. The summed E-state index contributed by atoms with van der Waals surface area (Å²) in [4.78, 5) is 15.3. The maximum atomic E-state index is 11.3. The fraction of sp³-hybridized carbons (Fsp3) is 0.400. The van der Waals surface area contributed by atoms with Gasteiger partial charge in [0.1, 0.15) is 0 Å². The molecule has 1 amide bonds. The van der Waals surface area contributed by atoms with Crippen LogP contribution in [0.1, 0.15) is 26.2 Å². The van der Waals surface area contributed by atoms with E-state index in [-0.39, 0.29) is 5.91 Å². The average Bonchev–Trinajstić information content (AvgIpc) is 2.18. The Balaban J connectivity index is 2.52. The van der Waals surface area contributed by atoms with Gasteiger partial charge in [-0.25, -0.2) is 4.98 Å². The lowest BCUT2D eigenvalue weighted by atomic mass is 10.2. The molecule has 0 aliphatic carbocycles. The van der Waals surface area contributed by atoms with Crippen LogP contribution in [0.4, 0.5) is 11.5 Å². The summed E-state index contributed by atoms with van der Waals surface area (Å²) in [7, 11) is 0. The third-order valence-electron chi connectivity index (χ3n) is 1.85. The van der Waals surface area contributed by atoms with E-state index >= 15 is 0 Å². The van der Waals surface area contributed by atoms with Crippen LogP contribution >= 0.6 is 0 Å². The van der Waals surface area contributed by atoms with E-state index in [0.29, 0.717) is 17.9 Å². The standard InChI is InChI=1S/C10H15N3O/c1-2-3-6-9(14)13-10-8(11)5-4-7-12-10/h4-5,7H,2-3,6,11H2,1H3,(H,12,13,14). The van der Waals surface area contributed by atoms with Crippen LogP contribution in [0.3, 0.4) is 0 Å². The van der Waals surface area contributed by atoms with Crippen LogP contribution in [-0.2, 0) is 4.79 Å². The van der Waals surface area contributed by atoms with Crippen LogP contribution in [-0.4, -0.2) is 10.9 Å². The van der Waals surface area contributed by atoms with Gasteiger partial charge in [0, 0.05) is 12.6 Å². The summed E-state index contributed by atoms with van der Waals surface area (Å²) < 4.78 is 0. The lowest BCUT2D eigenvalue weighted by Gasteiger charge is -2.05. The van der Waals surface area contributed by atoms with E-state index in [4.69, 9.17) is 5.73 Å². The Morgan fingerprint density at radius 2 is 2.43 bits per heavy atom. The molecular weight excluding hydrogens is 178 g/mol. The molecule has 0 radical (unpaired) electrons. The molecule has 0 aromatic carbocycles. The van der Waals surface area contributed by atoms with Crippen LogP contribution in [0, 0.1) is 0 Å². The number of aromatic nitrogens is 1. The number of carbonyl (C=O) groups excluding carboxylic acids is 1. The van der Waals surface area contributed by atoms with E-state index in [9.17, 15) is 4.79 Å². The Morgan fingerprint density at radius 1 is 1.64 bits per heavy atom. The fourth-order valence-corrected chi connectivity index (χ4v) is 1.05. The summed E-state index contributed by atoms with van der Waals surface area (Å²) in [5.41, 5.74) is 6.12. The van der Waals surface area contributed by atoms with E-state index in [1.165, 1.54) is 0 Å². The van der Waals surface area contributed by atoms with Crippen molar-refractivity contribution in [2.24, 2.45) is 0 Å². The van der Waals surface area contributed by atoms with Gasteiger partial charge >= 0.3 is 0 Å². The molecule has 0 bridgehead atoms. The highest BCUT2D eigenvalue weighted by molar-refractivity contribution is 5.92. The molecule has 0 saturated carbocycles. The first-order valence-electron chi connectivity index (χ1n) is 4.74. The molecule has 0 unspecified atom stereocenters. The molecule has 0 atom stereocenters. The third kappa shape index (κ3) is 3.05. The van der Waals surface area contributed by atoms with E-state index in [0.717, 1.165) is 12.8 Å². The number of anilines is 2. The largest absolute Gasteiger partial charge is 0.396 e. The van der Waals surface area contributed by atoms with Crippen LogP contribution in [0.25, 0.3) is 0 Å². The molecule has 0 fully saturated rings. The molecule has 4 nitrogen and oxygen atoms in total. The van der Waals surface area contributed by atoms with Gasteiger partial charge in [0.15, 0.2) is 5.82 Å². The van der Waals surface area contributed by atoms with Crippen molar-refractivity contribution >= 4 is 17.4 Å². The zero-order chi connectivity index (χ0) is 10.4. The van der Waals surface area contributed by atoms with Crippen molar-refractivity contribution in [1.82, 2.24) is 4.98 Å². The molecule has 0 spiro atoms. The molecule has 1 aromatic rings. The summed E-state index contributed by atoms with van der Waals surface area (Å²) in [6, 6.07) is 3.44. The Kier molecular flexibility index (Phi) is 3.91. The first-order chi connectivity index (χ1) is 6.74. The molecule has 1 rings (SSSR count). The molecule has 0 aliphatic heterocycles. The first-order valence-corrected chi connectivity index (χ1v) is 4.74. The van der Waals surface area contributed by atoms with Gasteiger partial charge in [0.05, 0.1) is 5.69 Å². The highest BCUT2D eigenvalue weighted by Gasteiger charge is 2.04. The second-order valence-corrected chi connectivity index (χ2v) is 3.09. The van der Waals surface area contributed by atoms with Crippen molar-refractivity contribution in [1.29, 1.82) is 0 Å². The number of nitrogens with one attached hydrogen (secondary N) is 1. The minimum atomic E-state index is -0.0303. The smallest absolute Gasteiger partial charge is 0.225 e. The van der Waals surface area contributed by atoms with E-state index in [1.54, 1.807) is 18.3 Å². The zero-order valence-corrected chi connectivity index (χ0v) is 8.29. The van der Waals surface area contributed by atoms with Gasteiger partial charge in [-0.2, -0.15) is 0 Å². The topological polar surface area (TPSA) is 68.0 Å². The molecule has 1 aromatic heterocycles. The summed E-state index contributed by atoms with van der Waals surface area (Å²) in [6.45, 7) is 2.04. The second-order valence-electron chi connectivity index (χ2n) is 3.09. The minimum Gasteiger partial charge on any atom is -0.396 e. The second kappa shape index (κ2) is 5.21. The predicted octanol–water partition coefficient (Wildman–Crippen LogP) is 1.79. The third-order valence-corrected chi connectivity index (χ3v) is 1.85. The molecular formula is C10H15N3O. The van der Waals surface area contributed by atoms with E-state index < -0.39 is 0 Å². The molecule has 14 heavy (non-hydrogen) atoms. The van der Waals surface area contributed by atoms with Crippen molar-refractivity contribution in [3.05, 3.63) is 18.3 Å². The molecule has 76 valence electrons. The molecule has 0 aliphatic rings. The number of amides is 1. The maximum Gasteiger partial charge on any atom is 0.225 e. The van der Waals surface area contributed by atoms with Gasteiger partial charge in [-0.15, -0.1) is 0 Å². The fourth-order valence-electron chi connectivity index (χ4n) is 1.05. The number of hydrogen-bond donors (Lipinski definition) is 2. The predicted molar refractivity (Wildman–Crippen MR) is 56.8 cm³/mol. The molecule has 0 saturated heterocycles. The van der Waals surface area contributed by atoms with Crippen molar-refractivity contribution in [3.8, 4) is 0 Å². The highest BCUT2D eigenvalue weighted by atomic mass is 16.1. The number of carbonyl (C=O) groups is 1. The normalized spacial score (nSPS) is 9.79. The first kappa shape index (κ1) is 10.5. The van der Waals surface area contributed by atoms with E-state index in [1.807, 2.05) is 6.92 Å². The van der Waals surface area contributed by atoms with Gasteiger partial charge in [0.2, 0.25) is 5.91 Å². The van der Waals surface area contributed by atoms with Crippen molar-refractivity contribution in [2.75, 3.05) is 11.1 Å². The van der Waals surface area contributed by atoms with Crippen LogP contribution < -0.4 is 11.1 Å².